The van der Waals surface area contributed by atoms with E-state index in [2.05, 4.69) is 35.3 Å². The molecule has 0 aliphatic carbocycles. The molecule has 2 aromatic rings. The summed E-state index contributed by atoms with van der Waals surface area (Å²) < 4.78 is 0. The Bertz CT molecular complexity index is 749. The number of non-ortho nitro benzene ring substituents is 1. The van der Waals surface area contributed by atoms with Crippen molar-refractivity contribution in [1.29, 1.82) is 0 Å². The van der Waals surface area contributed by atoms with Gasteiger partial charge in [0.15, 0.2) is 0 Å². The summed E-state index contributed by atoms with van der Waals surface area (Å²) in [4.78, 5) is 12.7. The third-order valence-electron chi connectivity index (χ3n) is 4.17. The van der Waals surface area contributed by atoms with Crippen LogP contribution >= 0.6 is 0 Å². The van der Waals surface area contributed by atoms with Gasteiger partial charge in [-0.1, -0.05) is 60.7 Å². The van der Waals surface area contributed by atoms with Gasteiger partial charge in [0, 0.05) is 31.8 Å². The van der Waals surface area contributed by atoms with Crippen molar-refractivity contribution >= 4 is 11.8 Å². The molecule has 4 heteroatoms. The number of nitro benzene ring substituents is 1. The summed E-state index contributed by atoms with van der Waals surface area (Å²) in [5, 5.41) is 10.7. The molecule has 3 rings (SSSR count). The van der Waals surface area contributed by atoms with E-state index in [0.717, 1.165) is 31.6 Å². The maximum atomic E-state index is 10.7. The molecule has 1 heterocycles. The van der Waals surface area contributed by atoms with E-state index in [1.165, 1.54) is 11.1 Å². The smallest absolute Gasteiger partial charge is 0.269 e. The second-order valence-electron chi connectivity index (χ2n) is 5.93. The lowest BCUT2D eigenvalue weighted by molar-refractivity contribution is -0.384. The van der Waals surface area contributed by atoms with Crippen LogP contribution in [0.5, 0.6) is 0 Å². The summed E-state index contributed by atoms with van der Waals surface area (Å²) in [6, 6.07) is 17.1. The van der Waals surface area contributed by atoms with Crippen molar-refractivity contribution in [2.75, 3.05) is 13.1 Å². The molecular formula is C20H20N2O2. The van der Waals surface area contributed by atoms with Crippen molar-refractivity contribution in [3.05, 3.63) is 93.6 Å². The molecule has 0 saturated heterocycles. The molecule has 0 N–H and O–H groups in total. The molecule has 0 aromatic heterocycles. The minimum absolute atomic E-state index is 0.144. The lowest BCUT2D eigenvalue weighted by Crippen LogP contribution is -2.28. The van der Waals surface area contributed by atoms with Crippen molar-refractivity contribution < 1.29 is 4.92 Å². The van der Waals surface area contributed by atoms with E-state index in [1.807, 2.05) is 30.3 Å². The zero-order valence-corrected chi connectivity index (χ0v) is 13.5. The molecule has 0 atom stereocenters. The lowest BCUT2D eigenvalue weighted by atomic mass is 10.1. The van der Waals surface area contributed by atoms with Gasteiger partial charge >= 0.3 is 0 Å². The number of benzene rings is 2. The van der Waals surface area contributed by atoms with Gasteiger partial charge in [-0.15, -0.1) is 0 Å². The van der Waals surface area contributed by atoms with Gasteiger partial charge in [0.1, 0.15) is 0 Å². The van der Waals surface area contributed by atoms with E-state index in [1.54, 1.807) is 12.1 Å². The fraction of sp³-hybridized carbons (Fsp3) is 0.200. The maximum absolute atomic E-state index is 10.7. The van der Waals surface area contributed by atoms with Gasteiger partial charge in [0.25, 0.3) is 5.69 Å². The Labute approximate surface area is 141 Å². The topological polar surface area (TPSA) is 46.4 Å². The molecule has 0 unspecified atom stereocenters. The highest BCUT2D eigenvalue weighted by Gasteiger charge is 2.11. The van der Waals surface area contributed by atoms with E-state index in [-0.39, 0.29) is 10.6 Å². The van der Waals surface area contributed by atoms with E-state index >= 15 is 0 Å². The van der Waals surface area contributed by atoms with Crippen LogP contribution in [0.4, 0.5) is 5.69 Å². The number of nitrogens with zero attached hydrogens (tertiary/aromatic N) is 2. The highest BCUT2D eigenvalue weighted by molar-refractivity contribution is 5.52. The molecule has 122 valence electrons. The Morgan fingerprint density at radius 3 is 2.42 bits per heavy atom. The van der Waals surface area contributed by atoms with Crippen LogP contribution in [0.15, 0.2) is 72.3 Å². The van der Waals surface area contributed by atoms with Gasteiger partial charge in [0.2, 0.25) is 0 Å². The van der Waals surface area contributed by atoms with Crippen molar-refractivity contribution in [2.24, 2.45) is 0 Å². The predicted molar refractivity (Wildman–Crippen MR) is 96.5 cm³/mol. The SMILES string of the molecule is O=[N+]([O-])c1ccc(CN2CC=C(C=Cc3ccccc3)CC2)cc1. The molecule has 0 bridgehead atoms. The molecule has 1 aliphatic rings. The van der Waals surface area contributed by atoms with Gasteiger partial charge in [-0.3, -0.25) is 15.0 Å². The Morgan fingerprint density at radius 1 is 1.04 bits per heavy atom. The molecule has 4 nitrogen and oxygen atoms in total. The summed E-state index contributed by atoms with van der Waals surface area (Å²) in [6.07, 6.45) is 7.63. The zero-order valence-electron chi connectivity index (χ0n) is 13.5. The van der Waals surface area contributed by atoms with Crippen LogP contribution in [-0.2, 0) is 6.54 Å². The minimum Gasteiger partial charge on any atom is -0.295 e. The average Bonchev–Trinajstić information content (AvgIpc) is 2.62. The molecule has 0 fully saturated rings. The monoisotopic (exact) mass is 320 g/mol. The largest absolute Gasteiger partial charge is 0.295 e. The van der Waals surface area contributed by atoms with Crippen LogP contribution in [0, 0.1) is 10.1 Å². The van der Waals surface area contributed by atoms with E-state index < -0.39 is 0 Å². The number of allylic oxidation sites excluding steroid dienone is 1. The van der Waals surface area contributed by atoms with Crippen LogP contribution in [0.3, 0.4) is 0 Å². The molecule has 2 aromatic carbocycles. The average molecular weight is 320 g/mol. The van der Waals surface area contributed by atoms with Crippen LogP contribution in [0.1, 0.15) is 17.5 Å². The standard InChI is InChI=1S/C20H20N2O2/c23-22(24)20-10-8-19(9-11-20)16-21-14-12-18(13-15-21)7-6-17-4-2-1-3-5-17/h1-12H,13-16H2. The van der Waals surface area contributed by atoms with Gasteiger partial charge in [-0.05, 0) is 23.1 Å². The first-order chi connectivity index (χ1) is 11.7. The zero-order chi connectivity index (χ0) is 16.8. The minimum atomic E-state index is -0.362. The second kappa shape index (κ2) is 7.70. The predicted octanol–water partition coefficient (Wildman–Crippen LogP) is 4.44. The quantitative estimate of drug-likeness (QED) is 0.604. The third-order valence-corrected chi connectivity index (χ3v) is 4.17. The number of hydrogen-bond donors (Lipinski definition) is 0. The van der Waals surface area contributed by atoms with Crippen LogP contribution in [0.2, 0.25) is 0 Å². The summed E-state index contributed by atoms with van der Waals surface area (Å²) >= 11 is 0. The number of nitro groups is 1. The van der Waals surface area contributed by atoms with Crippen LogP contribution < -0.4 is 0 Å². The number of hydrogen-bond acceptors (Lipinski definition) is 3. The first-order valence-corrected chi connectivity index (χ1v) is 8.08. The molecule has 0 radical (unpaired) electrons. The maximum Gasteiger partial charge on any atom is 0.269 e. The normalized spacial score (nSPS) is 15.4. The van der Waals surface area contributed by atoms with Crippen LogP contribution in [0.25, 0.3) is 6.08 Å². The van der Waals surface area contributed by atoms with Gasteiger partial charge in [-0.25, -0.2) is 0 Å². The van der Waals surface area contributed by atoms with Gasteiger partial charge in [0.05, 0.1) is 4.92 Å². The Hall–Kier alpha value is -2.72. The van der Waals surface area contributed by atoms with Gasteiger partial charge in [-0.2, -0.15) is 0 Å². The molecule has 0 spiro atoms. The summed E-state index contributed by atoms with van der Waals surface area (Å²) in [5.74, 6) is 0. The fourth-order valence-corrected chi connectivity index (χ4v) is 2.77. The van der Waals surface area contributed by atoms with E-state index in [0.29, 0.717) is 0 Å². The molecular weight excluding hydrogens is 300 g/mol. The second-order valence-corrected chi connectivity index (χ2v) is 5.93. The first-order valence-electron chi connectivity index (χ1n) is 8.08. The van der Waals surface area contributed by atoms with Crippen molar-refractivity contribution in [2.45, 2.75) is 13.0 Å². The lowest BCUT2D eigenvalue weighted by Gasteiger charge is -2.25. The highest BCUT2D eigenvalue weighted by atomic mass is 16.6. The van der Waals surface area contributed by atoms with Crippen LogP contribution in [-0.4, -0.2) is 22.9 Å². The molecule has 1 aliphatic heterocycles. The first kappa shape index (κ1) is 16.1. The van der Waals surface area contributed by atoms with Crippen molar-refractivity contribution in [1.82, 2.24) is 4.90 Å². The highest BCUT2D eigenvalue weighted by Crippen LogP contribution is 2.18. The molecule has 0 amide bonds. The Kier molecular flexibility index (Phi) is 5.18. The van der Waals surface area contributed by atoms with E-state index in [9.17, 15) is 10.1 Å². The van der Waals surface area contributed by atoms with Crippen molar-refractivity contribution in [3.63, 3.8) is 0 Å². The van der Waals surface area contributed by atoms with Gasteiger partial charge < -0.3 is 0 Å². The van der Waals surface area contributed by atoms with E-state index in [4.69, 9.17) is 0 Å². The third kappa shape index (κ3) is 4.40. The Balaban J connectivity index is 1.55. The summed E-state index contributed by atoms with van der Waals surface area (Å²) in [5.41, 5.74) is 3.83. The molecule has 24 heavy (non-hydrogen) atoms. The Morgan fingerprint density at radius 2 is 1.79 bits per heavy atom. The molecule has 0 saturated carbocycles. The summed E-state index contributed by atoms with van der Waals surface area (Å²) in [7, 11) is 0. The van der Waals surface area contributed by atoms with Crippen molar-refractivity contribution in [3.8, 4) is 0 Å². The number of rotatable bonds is 5. The fourth-order valence-electron chi connectivity index (χ4n) is 2.77. The summed E-state index contributed by atoms with van der Waals surface area (Å²) in [6.45, 7) is 2.73.